The minimum absolute atomic E-state index is 0.0268. The summed E-state index contributed by atoms with van der Waals surface area (Å²) in [7, 11) is 0. The zero-order chi connectivity index (χ0) is 47.9. The van der Waals surface area contributed by atoms with Gasteiger partial charge in [0.1, 0.15) is 0 Å². The molecule has 1 aliphatic heterocycles. The number of allylic oxidation sites excluding steroid dienone is 3. The second-order valence-corrected chi connectivity index (χ2v) is 24.2. The van der Waals surface area contributed by atoms with E-state index < -0.39 is 64.0 Å². The van der Waals surface area contributed by atoms with Gasteiger partial charge in [-0.25, -0.2) is 0 Å². The van der Waals surface area contributed by atoms with Crippen LogP contribution in [0.1, 0.15) is 148 Å². The van der Waals surface area contributed by atoms with Crippen LogP contribution in [-0.2, 0) is 14.3 Å². The van der Waals surface area contributed by atoms with Crippen molar-refractivity contribution in [1.82, 2.24) is 4.98 Å². The zero-order valence-corrected chi connectivity index (χ0v) is 40.8. The highest BCUT2D eigenvalue weighted by Gasteiger charge is 2.74. The molecule has 0 radical (unpaired) electrons. The minimum atomic E-state index is -1.69. The van der Waals surface area contributed by atoms with Crippen LogP contribution in [0, 0.1) is 93.7 Å². The monoisotopic (exact) mass is 937 g/mol. The predicted molar refractivity (Wildman–Crippen MR) is 259 cm³/mol. The third-order valence-corrected chi connectivity index (χ3v) is 21.0. The van der Waals surface area contributed by atoms with Crippen molar-refractivity contribution in [2.24, 2.45) is 98.3 Å². The predicted octanol–water partition coefficient (Wildman–Crippen LogP) is 6.46. The molecule has 12 heteroatoms. The molecule has 68 heavy (non-hydrogen) atoms. The van der Waals surface area contributed by atoms with Crippen molar-refractivity contribution in [3.05, 3.63) is 47.3 Å². The van der Waals surface area contributed by atoms with Gasteiger partial charge in [-0.05, 0) is 173 Å². The van der Waals surface area contributed by atoms with E-state index in [2.05, 4.69) is 41.7 Å². The number of ketones is 1. The summed E-state index contributed by atoms with van der Waals surface area (Å²) in [5.41, 5.74) is 10.1. The zero-order valence-electron chi connectivity index (χ0n) is 40.8. The fourth-order valence-corrected chi connectivity index (χ4v) is 18.0. The van der Waals surface area contributed by atoms with Gasteiger partial charge in [0.15, 0.2) is 11.7 Å². The van der Waals surface area contributed by atoms with E-state index in [4.69, 9.17) is 16.2 Å². The topological polar surface area (TPSA) is 225 Å². The number of aromatic nitrogens is 1. The molecule has 0 bridgehead atoms. The number of nitrogens with zero attached hydrogens (tertiary/aromatic N) is 1. The van der Waals surface area contributed by atoms with E-state index >= 15 is 0 Å². The maximum atomic E-state index is 14.9. The molecule has 10 rings (SSSR count). The maximum absolute atomic E-state index is 14.9. The average Bonchev–Trinajstić information content (AvgIpc) is 4.03. The molecule has 0 aromatic carbocycles. The van der Waals surface area contributed by atoms with Gasteiger partial charge in [-0.2, -0.15) is 0 Å². The Bertz CT molecular complexity index is 2220. The molecule has 5 saturated carbocycles. The Morgan fingerprint density at radius 1 is 0.941 bits per heavy atom. The molecule has 19 atom stereocenters. The fourth-order valence-electron chi connectivity index (χ4n) is 18.0. The van der Waals surface area contributed by atoms with Gasteiger partial charge in [0.25, 0.3) is 0 Å². The first-order chi connectivity index (χ1) is 32.5. The largest absolute Gasteiger partial charge is 0.465 e. The number of fused-ring (bicyclic) bond motifs is 10. The SMILES string of the molecule is C[C@@H]1CCC2=CC[C@@H]3[C@H](C[C@H]([C@H]4COC(=O)[C@@H]4c4cc[nH]c4)C#CC[C@H]4C[C@@]5(O)C6=CC(=O)[C@@H]7C[C@@H](O)[C@@H](O)C[C@]7(C7CCCCC7)[C@H]6CC[C@]5(CCN=C(N)N)[C@H]4[C@@](C)(O)[C@H](O)C[C@H]3C)[C@@H]2C1. The lowest BCUT2D eigenvalue weighted by Gasteiger charge is -2.64. The fraction of sp³-hybridized carbons (Fsp3) is 0.768. The van der Waals surface area contributed by atoms with E-state index in [1.807, 2.05) is 18.5 Å². The molecule has 12 nitrogen and oxygen atoms in total. The third-order valence-electron chi connectivity index (χ3n) is 21.0. The van der Waals surface area contributed by atoms with Crippen molar-refractivity contribution >= 4 is 17.7 Å². The summed E-state index contributed by atoms with van der Waals surface area (Å²) in [6, 6.07) is 1.97. The summed E-state index contributed by atoms with van der Waals surface area (Å²) in [5, 5.41) is 63.2. The van der Waals surface area contributed by atoms with Crippen LogP contribution in [0.2, 0.25) is 0 Å². The van der Waals surface area contributed by atoms with Crippen molar-refractivity contribution in [2.75, 3.05) is 13.2 Å². The second kappa shape index (κ2) is 18.3. The van der Waals surface area contributed by atoms with Crippen molar-refractivity contribution in [1.29, 1.82) is 0 Å². The number of guanidine groups is 1. The van der Waals surface area contributed by atoms with Crippen LogP contribution in [-0.4, -0.2) is 90.9 Å². The first kappa shape index (κ1) is 48.2. The highest BCUT2D eigenvalue weighted by atomic mass is 16.5. The molecule has 372 valence electrons. The van der Waals surface area contributed by atoms with Crippen molar-refractivity contribution in [2.45, 2.75) is 172 Å². The lowest BCUT2D eigenvalue weighted by molar-refractivity contribution is -0.196. The Hall–Kier alpha value is -3.47. The first-order valence-corrected chi connectivity index (χ1v) is 26.8. The molecule has 1 aromatic rings. The first-order valence-electron chi connectivity index (χ1n) is 26.8. The normalized spacial score (nSPS) is 47.3. The number of cyclic esters (lactones) is 1. The van der Waals surface area contributed by atoms with Gasteiger partial charge in [-0.3, -0.25) is 14.6 Å². The van der Waals surface area contributed by atoms with E-state index in [9.17, 15) is 35.1 Å². The van der Waals surface area contributed by atoms with Crippen LogP contribution in [0.3, 0.4) is 0 Å². The number of hydrogen-bond acceptors (Lipinski definition) is 9. The number of rotatable bonds is 6. The Balaban J connectivity index is 1.11. The van der Waals surface area contributed by atoms with E-state index in [0.29, 0.717) is 55.9 Å². The molecule has 6 fully saturated rings. The second-order valence-electron chi connectivity index (χ2n) is 24.2. The minimum Gasteiger partial charge on any atom is -0.465 e. The average molecular weight is 937 g/mol. The number of H-pyrrole nitrogens is 1. The number of nitrogens with one attached hydrogen (secondary N) is 1. The Labute approximate surface area is 403 Å². The molecule has 10 N–H and O–H groups in total. The molecule has 1 saturated heterocycles. The third kappa shape index (κ3) is 7.77. The molecule has 2 heterocycles. The van der Waals surface area contributed by atoms with Crippen LogP contribution in [0.25, 0.3) is 0 Å². The summed E-state index contributed by atoms with van der Waals surface area (Å²) in [6.07, 6.45) is 17.8. The number of esters is 1. The van der Waals surface area contributed by atoms with Crippen LogP contribution < -0.4 is 11.5 Å². The highest BCUT2D eigenvalue weighted by molar-refractivity contribution is 5.95. The molecule has 0 amide bonds. The summed E-state index contributed by atoms with van der Waals surface area (Å²) in [4.78, 5) is 36.2. The molecule has 0 spiro atoms. The van der Waals surface area contributed by atoms with Gasteiger partial charge < -0.3 is 46.7 Å². The summed E-state index contributed by atoms with van der Waals surface area (Å²) >= 11 is 0. The number of nitrogens with two attached hydrogens (primary N) is 2. The summed E-state index contributed by atoms with van der Waals surface area (Å²) in [6.45, 7) is 6.85. The van der Waals surface area contributed by atoms with Crippen molar-refractivity contribution in [3.8, 4) is 11.8 Å². The number of aromatic amines is 1. The smallest absolute Gasteiger partial charge is 0.313 e. The lowest BCUT2D eigenvalue weighted by atomic mass is 9.41. The molecular formula is C56H80N4O8. The number of aliphatic hydroxyl groups is 5. The molecule has 8 aliphatic carbocycles. The van der Waals surface area contributed by atoms with Gasteiger partial charge >= 0.3 is 5.97 Å². The van der Waals surface area contributed by atoms with Gasteiger partial charge in [0.05, 0.1) is 42.0 Å². The number of carbonyl (C=O) groups is 2. The van der Waals surface area contributed by atoms with Gasteiger partial charge in [-0.15, -0.1) is 5.92 Å². The number of hydrogen-bond donors (Lipinski definition) is 8. The van der Waals surface area contributed by atoms with Gasteiger partial charge in [0, 0.05) is 54.4 Å². The van der Waals surface area contributed by atoms with Crippen LogP contribution in [0.4, 0.5) is 0 Å². The van der Waals surface area contributed by atoms with Crippen LogP contribution in [0.5, 0.6) is 0 Å². The summed E-state index contributed by atoms with van der Waals surface area (Å²) < 4.78 is 5.92. The van der Waals surface area contributed by atoms with Gasteiger partial charge in [-0.1, -0.05) is 50.7 Å². The number of aliphatic imine (C=N–C) groups is 1. The standard InChI is InChI=1S/C56H80N4O8/c1-31-12-13-33-14-15-38-32(2)23-48(64)53(3,66)50-35(9-7-8-34(24-40(38)39(33)22-31)41-30-68-51(65)49(41)36-17-20-59-29-36)27-56(67)43-25-45(61)44-26-46(62)47(63)28-55(44,37-10-5-4-6-11-37)42(43)16-18-54(50,56)19-21-60-52(57)58/h14,17,20,25,29,31-32,34-35,37-42,44,46-50,59,62-64,66-67H,4-6,9-13,15-16,18-19,21-24,26-28,30H2,1-3H3,(H4,57,58,60)/t31-,32-,34-,35+,38+,39-,40+,41-,42+,44+,46-,47+,48-,49-,50-,53+,54+,55+,56-/m1/s1. The summed E-state index contributed by atoms with van der Waals surface area (Å²) in [5.74, 6) is 6.24. The molecule has 0 unspecified atom stereocenters. The van der Waals surface area contributed by atoms with Crippen molar-refractivity contribution in [3.63, 3.8) is 0 Å². The Kier molecular flexibility index (Phi) is 13.0. The molecule has 9 aliphatic rings. The van der Waals surface area contributed by atoms with E-state index in [1.165, 1.54) is 6.42 Å². The highest BCUT2D eigenvalue weighted by Crippen LogP contribution is 2.73. The van der Waals surface area contributed by atoms with Gasteiger partial charge in [0.2, 0.25) is 0 Å². The lowest BCUT2D eigenvalue weighted by Crippen LogP contribution is -2.66. The molecular weight excluding hydrogens is 857 g/mol. The quantitative estimate of drug-likeness (QED) is 0.0511. The number of carbonyl (C=O) groups excluding carboxylic acids is 2. The van der Waals surface area contributed by atoms with Crippen molar-refractivity contribution < 1.29 is 39.9 Å². The van der Waals surface area contributed by atoms with E-state index in [1.54, 1.807) is 18.6 Å². The molecule has 1 aromatic heterocycles. The maximum Gasteiger partial charge on any atom is 0.313 e. The van der Waals surface area contributed by atoms with Crippen LogP contribution >= 0.6 is 0 Å². The number of aliphatic hydroxyl groups excluding tert-OH is 3. The van der Waals surface area contributed by atoms with E-state index in [0.717, 1.165) is 63.4 Å². The Morgan fingerprint density at radius 3 is 2.49 bits per heavy atom. The van der Waals surface area contributed by atoms with Crippen LogP contribution in [0.15, 0.2) is 46.8 Å². The van der Waals surface area contributed by atoms with E-state index in [-0.39, 0.29) is 85.1 Å². The Morgan fingerprint density at radius 2 is 1.74 bits per heavy atom. The number of ether oxygens (including phenoxy) is 1.